The van der Waals surface area contributed by atoms with E-state index < -0.39 is 0 Å². The Labute approximate surface area is 97.4 Å². The van der Waals surface area contributed by atoms with E-state index in [1.807, 2.05) is 6.92 Å². The van der Waals surface area contributed by atoms with Crippen molar-refractivity contribution in [2.75, 3.05) is 13.6 Å². The monoisotopic (exact) mass is 226 g/mol. The minimum absolute atomic E-state index is 0.00576. The maximum Gasteiger partial charge on any atom is 0.317 e. The zero-order valence-electron chi connectivity index (χ0n) is 10.5. The summed E-state index contributed by atoms with van der Waals surface area (Å²) in [5.41, 5.74) is 0. The highest BCUT2D eigenvalue weighted by Crippen LogP contribution is 2.24. The van der Waals surface area contributed by atoms with E-state index in [0.717, 1.165) is 25.7 Å². The molecule has 1 fully saturated rings. The molecule has 16 heavy (non-hydrogen) atoms. The lowest BCUT2D eigenvalue weighted by Gasteiger charge is -2.29. The first-order valence-electron chi connectivity index (χ1n) is 6.06. The van der Waals surface area contributed by atoms with Crippen molar-refractivity contribution < 1.29 is 9.59 Å². The Hall–Kier alpha value is -1.06. The molecule has 1 aliphatic carbocycles. The molecule has 92 valence electrons. The Morgan fingerprint density at radius 2 is 1.81 bits per heavy atom. The van der Waals surface area contributed by atoms with Crippen LogP contribution in [0.15, 0.2) is 0 Å². The van der Waals surface area contributed by atoms with Gasteiger partial charge in [0.15, 0.2) is 0 Å². The second-order valence-electron chi connectivity index (χ2n) is 4.62. The molecule has 0 atom stereocenters. The Kier molecular flexibility index (Phi) is 4.77. The van der Waals surface area contributed by atoms with Crippen LogP contribution in [0.25, 0.3) is 0 Å². The fraction of sp³-hybridized carbons (Fsp3) is 0.833. The molecule has 1 aliphatic rings. The van der Waals surface area contributed by atoms with Crippen LogP contribution in [0.2, 0.25) is 0 Å². The third kappa shape index (κ3) is 3.51. The Bertz CT molecular complexity index is 258. The molecule has 0 radical (unpaired) electrons. The van der Waals surface area contributed by atoms with Gasteiger partial charge in [0.1, 0.15) is 5.78 Å². The molecule has 1 saturated carbocycles. The summed E-state index contributed by atoms with van der Waals surface area (Å²) in [7, 11) is 1.79. The molecule has 4 heteroatoms. The summed E-state index contributed by atoms with van der Waals surface area (Å²) < 4.78 is 0. The summed E-state index contributed by atoms with van der Waals surface area (Å²) in [5.74, 6) is 0.507. The van der Waals surface area contributed by atoms with E-state index >= 15 is 0 Å². The van der Waals surface area contributed by atoms with Crippen LogP contribution in [0, 0.1) is 5.92 Å². The van der Waals surface area contributed by atoms with Crippen molar-refractivity contribution >= 4 is 11.8 Å². The van der Waals surface area contributed by atoms with Gasteiger partial charge in [-0.05, 0) is 39.5 Å². The van der Waals surface area contributed by atoms with Gasteiger partial charge in [-0.2, -0.15) is 0 Å². The van der Waals surface area contributed by atoms with Gasteiger partial charge in [-0.15, -0.1) is 0 Å². The van der Waals surface area contributed by atoms with Gasteiger partial charge >= 0.3 is 6.03 Å². The lowest BCUT2D eigenvalue weighted by atomic mass is 9.84. The molecule has 0 aromatic heterocycles. The largest absolute Gasteiger partial charge is 0.335 e. The maximum atomic E-state index is 11.6. The fourth-order valence-corrected chi connectivity index (χ4v) is 2.07. The Morgan fingerprint density at radius 3 is 2.25 bits per heavy atom. The van der Waals surface area contributed by atoms with Crippen LogP contribution in [-0.2, 0) is 4.79 Å². The maximum absolute atomic E-state index is 11.6. The number of Topliss-reactive ketones (excluding diaryl/α,β-unsaturated/α-hetero) is 1. The molecule has 1 N–H and O–H groups in total. The van der Waals surface area contributed by atoms with Crippen molar-refractivity contribution in [2.45, 2.75) is 45.6 Å². The summed E-state index contributed by atoms with van der Waals surface area (Å²) >= 11 is 0. The summed E-state index contributed by atoms with van der Waals surface area (Å²) in [6.45, 7) is 4.33. The number of nitrogens with one attached hydrogen (secondary N) is 1. The second-order valence-corrected chi connectivity index (χ2v) is 4.62. The van der Waals surface area contributed by atoms with E-state index in [1.165, 1.54) is 0 Å². The van der Waals surface area contributed by atoms with Crippen LogP contribution in [-0.4, -0.2) is 36.3 Å². The zero-order valence-corrected chi connectivity index (χ0v) is 10.5. The third-order valence-corrected chi connectivity index (χ3v) is 3.45. The normalized spacial score (nSPS) is 24.9. The fourth-order valence-electron chi connectivity index (χ4n) is 2.07. The van der Waals surface area contributed by atoms with Crippen LogP contribution in [0.3, 0.4) is 0 Å². The molecule has 0 bridgehead atoms. The SMILES string of the molecule is CCN(C)C(=O)N[C@H]1CC[C@H](C(C)=O)CC1. The average molecular weight is 226 g/mol. The number of rotatable bonds is 3. The van der Waals surface area contributed by atoms with Gasteiger partial charge in [0, 0.05) is 25.6 Å². The number of amides is 2. The van der Waals surface area contributed by atoms with E-state index in [0.29, 0.717) is 6.54 Å². The number of carbonyl (C=O) groups is 2. The van der Waals surface area contributed by atoms with Crippen molar-refractivity contribution in [1.82, 2.24) is 10.2 Å². The van der Waals surface area contributed by atoms with Gasteiger partial charge in [-0.1, -0.05) is 0 Å². The zero-order chi connectivity index (χ0) is 12.1. The second kappa shape index (κ2) is 5.87. The Morgan fingerprint density at radius 1 is 1.25 bits per heavy atom. The minimum atomic E-state index is -0.00576. The molecule has 0 unspecified atom stereocenters. The van der Waals surface area contributed by atoms with Crippen LogP contribution in [0.5, 0.6) is 0 Å². The summed E-state index contributed by atoms with van der Waals surface area (Å²) in [6.07, 6.45) is 3.67. The van der Waals surface area contributed by atoms with Gasteiger partial charge < -0.3 is 10.2 Å². The predicted octanol–water partition coefficient (Wildman–Crippen LogP) is 1.80. The van der Waals surface area contributed by atoms with Crippen molar-refractivity contribution in [3.63, 3.8) is 0 Å². The number of urea groups is 1. The minimum Gasteiger partial charge on any atom is -0.335 e. The van der Waals surface area contributed by atoms with Crippen LogP contribution in [0.1, 0.15) is 39.5 Å². The van der Waals surface area contributed by atoms with Crippen molar-refractivity contribution in [1.29, 1.82) is 0 Å². The van der Waals surface area contributed by atoms with Gasteiger partial charge in [0.2, 0.25) is 0 Å². The summed E-state index contributed by atoms with van der Waals surface area (Å²) in [5, 5.41) is 3.00. The first-order chi connectivity index (χ1) is 7.54. The number of ketones is 1. The highest BCUT2D eigenvalue weighted by Gasteiger charge is 2.25. The molecule has 0 saturated heterocycles. The standard InChI is InChI=1S/C12H22N2O2/c1-4-14(3)12(16)13-11-7-5-10(6-8-11)9(2)15/h10-11H,4-8H2,1-3H3,(H,13,16)/t10-,11-. The summed E-state index contributed by atoms with van der Waals surface area (Å²) in [6, 6.07) is 0.242. The number of nitrogens with zero attached hydrogens (tertiary/aromatic N) is 1. The van der Waals surface area contributed by atoms with Gasteiger partial charge in [0.05, 0.1) is 0 Å². The number of carbonyl (C=O) groups excluding carboxylic acids is 2. The lowest BCUT2D eigenvalue weighted by Crippen LogP contribution is -2.44. The van der Waals surface area contributed by atoms with Crippen LogP contribution in [0.4, 0.5) is 4.79 Å². The topological polar surface area (TPSA) is 49.4 Å². The molecular weight excluding hydrogens is 204 g/mol. The lowest BCUT2D eigenvalue weighted by molar-refractivity contribution is -0.121. The molecule has 0 spiro atoms. The van der Waals surface area contributed by atoms with Crippen LogP contribution >= 0.6 is 0 Å². The van der Waals surface area contributed by atoms with Crippen molar-refractivity contribution in [2.24, 2.45) is 5.92 Å². The highest BCUT2D eigenvalue weighted by atomic mass is 16.2. The first-order valence-corrected chi connectivity index (χ1v) is 6.06. The van der Waals surface area contributed by atoms with Gasteiger partial charge in [-0.3, -0.25) is 4.79 Å². The van der Waals surface area contributed by atoms with E-state index in [-0.39, 0.29) is 23.8 Å². The average Bonchev–Trinajstić information content (AvgIpc) is 2.28. The molecule has 0 aliphatic heterocycles. The third-order valence-electron chi connectivity index (χ3n) is 3.45. The number of hydrogen-bond donors (Lipinski definition) is 1. The van der Waals surface area contributed by atoms with E-state index in [9.17, 15) is 9.59 Å². The van der Waals surface area contributed by atoms with E-state index in [1.54, 1.807) is 18.9 Å². The van der Waals surface area contributed by atoms with E-state index in [2.05, 4.69) is 5.32 Å². The van der Waals surface area contributed by atoms with Crippen molar-refractivity contribution in [3.8, 4) is 0 Å². The van der Waals surface area contributed by atoms with Gasteiger partial charge in [-0.25, -0.2) is 4.79 Å². The quantitative estimate of drug-likeness (QED) is 0.797. The smallest absolute Gasteiger partial charge is 0.317 e. The summed E-state index contributed by atoms with van der Waals surface area (Å²) in [4.78, 5) is 24.5. The molecule has 2 amide bonds. The molecule has 4 nitrogen and oxygen atoms in total. The van der Waals surface area contributed by atoms with E-state index in [4.69, 9.17) is 0 Å². The highest BCUT2D eigenvalue weighted by molar-refractivity contribution is 5.78. The molecular formula is C12H22N2O2. The predicted molar refractivity (Wildman–Crippen MR) is 63.3 cm³/mol. The van der Waals surface area contributed by atoms with Gasteiger partial charge in [0.25, 0.3) is 0 Å². The molecule has 0 aromatic rings. The van der Waals surface area contributed by atoms with Crippen molar-refractivity contribution in [3.05, 3.63) is 0 Å². The first kappa shape index (κ1) is 13.0. The molecule has 1 rings (SSSR count). The van der Waals surface area contributed by atoms with Crippen LogP contribution < -0.4 is 5.32 Å². The Balaban J connectivity index is 2.32. The molecule has 0 heterocycles. The molecule has 0 aromatic carbocycles. The number of hydrogen-bond acceptors (Lipinski definition) is 2.